The third-order valence-electron chi connectivity index (χ3n) is 7.06. The number of carbonyl (C=O) groups is 1. The van der Waals surface area contributed by atoms with Crippen molar-refractivity contribution < 1.29 is 23.0 Å². The van der Waals surface area contributed by atoms with Crippen molar-refractivity contribution >= 4 is 19.8 Å². The fraction of sp³-hybridized carbons (Fsp3) is 0.448. The second kappa shape index (κ2) is 11.5. The quantitative estimate of drug-likeness (QED) is 0.226. The van der Waals surface area contributed by atoms with Crippen LogP contribution in [0.5, 0.6) is 5.75 Å². The maximum absolute atomic E-state index is 15.2. The molecule has 0 saturated heterocycles. The van der Waals surface area contributed by atoms with Crippen LogP contribution in [0.1, 0.15) is 24.0 Å². The number of halogens is 2. The summed E-state index contributed by atoms with van der Waals surface area (Å²) in [7, 11) is -1.23. The fourth-order valence-electron chi connectivity index (χ4n) is 4.53. The minimum Gasteiger partial charge on any atom is -0.493 e. The first-order valence-electron chi connectivity index (χ1n) is 13.6. The lowest BCUT2D eigenvalue weighted by atomic mass is 10.0. The average Bonchev–Trinajstić information content (AvgIpc) is 3.53. The summed E-state index contributed by atoms with van der Waals surface area (Å²) in [6, 6.07) is 11.3. The summed E-state index contributed by atoms with van der Waals surface area (Å²) >= 11 is 0. The molecule has 2 heterocycles. The van der Waals surface area contributed by atoms with Crippen LogP contribution in [0.2, 0.25) is 25.7 Å². The third-order valence-corrected chi connectivity index (χ3v) is 8.76. The van der Waals surface area contributed by atoms with Crippen molar-refractivity contribution in [1.29, 1.82) is 0 Å². The number of urea groups is 1. The smallest absolute Gasteiger partial charge is 0.322 e. The van der Waals surface area contributed by atoms with E-state index in [-0.39, 0.29) is 23.9 Å². The molecule has 3 aromatic rings. The van der Waals surface area contributed by atoms with Gasteiger partial charge < -0.3 is 14.8 Å². The monoisotopic (exact) mass is 554 g/mol. The van der Waals surface area contributed by atoms with Crippen LogP contribution in [0.15, 0.2) is 42.6 Å². The summed E-state index contributed by atoms with van der Waals surface area (Å²) in [6.07, 6.45) is 4.47. The first-order valence-corrected chi connectivity index (χ1v) is 17.3. The van der Waals surface area contributed by atoms with E-state index in [2.05, 4.69) is 30.1 Å². The van der Waals surface area contributed by atoms with Gasteiger partial charge in [0.1, 0.15) is 18.3 Å². The zero-order valence-corrected chi connectivity index (χ0v) is 23.8. The van der Waals surface area contributed by atoms with E-state index in [1.165, 1.54) is 34.7 Å². The number of ether oxygens (including phenoxy) is 2. The van der Waals surface area contributed by atoms with E-state index in [9.17, 15) is 9.18 Å². The van der Waals surface area contributed by atoms with Crippen molar-refractivity contribution in [2.75, 3.05) is 24.7 Å². The Balaban J connectivity index is 1.21. The number of benzene rings is 2. The topological polar surface area (TPSA) is 68.6 Å². The van der Waals surface area contributed by atoms with Crippen molar-refractivity contribution in [3.8, 4) is 16.9 Å². The molecule has 0 bridgehead atoms. The lowest BCUT2D eigenvalue weighted by Crippen LogP contribution is -2.38. The van der Waals surface area contributed by atoms with E-state index in [0.29, 0.717) is 37.7 Å². The second-order valence-corrected chi connectivity index (χ2v) is 17.3. The highest BCUT2D eigenvalue weighted by molar-refractivity contribution is 6.76. The van der Waals surface area contributed by atoms with Gasteiger partial charge in [0.25, 0.3) is 0 Å². The van der Waals surface area contributed by atoms with Gasteiger partial charge in [-0.1, -0.05) is 31.8 Å². The maximum atomic E-state index is 15.2. The molecule has 0 radical (unpaired) electrons. The van der Waals surface area contributed by atoms with Crippen LogP contribution in [0, 0.1) is 17.7 Å². The number of nitrogens with zero attached hydrogens (tertiary/aromatic N) is 3. The van der Waals surface area contributed by atoms with Crippen molar-refractivity contribution in [1.82, 2.24) is 15.1 Å². The molecule has 5 rings (SSSR count). The van der Waals surface area contributed by atoms with E-state index in [0.717, 1.165) is 29.5 Å². The molecule has 1 N–H and O–H groups in total. The number of amides is 2. The Morgan fingerprint density at radius 2 is 1.97 bits per heavy atom. The lowest BCUT2D eigenvalue weighted by Gasteiger charge is -2.19. The van der Waals surface area contributed by atoms with E-state index in [4.69, 9.17) is 9.47 Å². The molecule has 1 aliphatic heterocycles. The second-order valence-electron chi connectivity index (χ2n) is 11.6. The summed E-state index contributed by atoms with van der Waals surface area (Å²) in [5, 5.41) is 6.79. The Kier molecular flexibility index (Phi) is 8.04. The van der Waals surface area contributed by atoms with Gasteiger partial charge >= 0.3 is 6.03 Å². The molecule has 1 aliphatic carbocycles. The van der Waals surface area contributed by atoms with Crippen LogP contribution in [0.25, 0.3) is 11.1 Å². The van der Waals surface area contributed by atoms with Crippen molar-refractivity contribution in [2.45, 2.75) is 58.2 Å². The molecule has 1 aromatic heterocycles. The molecule has 1 saturated carbocycles. The number of rotatable bonds is 11. The molecule has 208 valence electrons. The first kappa shape index (κ1) is 27.3. The third kappa shape index (κ3) is 7.05. The average molecular weight is 555 g/mol. The number of carbonyl (C=O) groups excluding carboxylic acids is 1. The lowest BCUT2D eigenvalue weighted by molar-refractivity contribution is 0.0774. The van der Waals surface area contributed by atoms with Crippen LogP contribution in [-0.2, 0) is 24.4 Å². The number of fused-ring (bicyclic) bond motifs is 1. The van der Waals surface area contributed by atoms with Crippen molar-refractivity contribution in [3.05, 3.63) is 65.5 Å². The molecular weight excluding hydrogens is 518 g/mol. The largest absolute Gasteiger partial charge is 0.493 e. The minimum atomic E-state index is -1.23. The van der Waals surface area contributed by atoms with Gasteiger partial charge in [-0.3, -0.25) is 4.90 Å². The maximum Gasteiger partial charge on any atom is 0.322 e. The summed E-state index contributed by atoms with van der Waals surface area (Å²) in [5.74, 6) is 0.102. The van der Waals surface area contributed by atoms with Crippen LogP contribution < -0.4 is 15.0 Å². The van der Waals surface area contributed by atoms with Gasteiger partial charge in [0.15, 0.2) is 0 Å². The molecule has 0 atom stereocenters. The molecular formula is C29H36F2N4O3Si. The molecule has 39 heavy (non-hydrogen) atoms. The number of aromatic nitrogens is 2. The van der Waals surface area contributed by atoms with Gasteiger partial charge in [-0.15, -0.1) is 5.10 Å². The predicted molar refractivity (Wildman–Crippen MR) is 150 cm³/mol. The van der Waals surface area contributed by atoms with Gasteiger partial charge in [-0.25, -0.2) is 13.9 Å². The van der Waals surface area contributed by atoms with Gasteiger partial charge in [0, 0.05) is 39.5 Å². The summed E-state index contributed by atoms with van der Waals surface area (Å²) in [4.78, 5) is 14.5. The van der Waals surface area contributed by atoms with Crippen LogP contribution >= 0.6 is 0 Å². The van der Waals surface area contributed by atoms with E-state index < -0.39 is 19.8 Å². The molecule has 0 spiro atoms. The summed E-state index contributed by atoms with van der Waals surface area (Å²) < 4.78 is 42.7. The van der Waals surface area contributed by atoms with Gasteiger partial charge in [0.05, 0.1) is 17.9 Å². The Labute approximate surface area is 229 Å². The highest BCUT2D eigenvalue weighted by Crippen LogP contribution is 2.35. The van der Waals surface area contributed by atoms with Gasteiger partial charge in [-0.2, -0.15) is 4.39 Å². The van der Waals surface area contributed by atoms with Crippen LogP contribution in [0.4, 0.5) is 19.3 Å². The zero-order chi connectivity index (χ0) is 27.6. The number of hydrogen-bond donors (Lipinski definition) is 1. The normalized spacial score (nSPS) is 14.9. The minimum absolute atomic E-state index is 0.0794. The molecule has 2 aliphatic rings. The highest BCUT2D eigenvalue weighted by atomic mass is 28.3. The number of anilines is 1. The van der Waals surface area contributed by atoms with Gasteiger partial charge in [0.2, 0.25) is 5.95 Å². The Morgan fingerprint density at radius 3 is 2.74 bits per heavy atom. The molecule has 2 aromatic carbocycles. The summed E-state index contributed by atoms with van der Waals surface area (Å²) in [5.41, 5.74) is 2.42. The highest BCUT2D eigenvalue weighted by Gasteiger charge is 2.28. The predicted octanol–water partition coefficient (Wildman–Crippen LogP) is 6.20. The van der Waals surface area contributed by atoms with Crippen molar-refractivity contribution in [2.24, 2.45) is 5.92 Å². The molecule has 10 heteroatoms. The number of nitrogens with one attached hydrogen (secondary N) is 1. The Morgan fingerprint density at radius 1 is 1.15 bits per heavy atom. The van der Waals surface area contributed by atoms with E-state index in [1.54, 1.807) is 6.07 Å². The first-order chi connectivity index (χ1) is 18.7. The Hall–Kier alpha value is -3.24. The SMILES string of the molecule is C[Si](C)(C)CCOCn1cc(-c2cc3c(cc2F)N(C(=O)NCc2cccc(OCC4CC4)c2)CC3)c(F)n1. The standard InChI is InChI=1S/C29H36F2N4O3Si/c1-39(2,3)12-11-37-19-34-17-25(28(31)33-34)24-14-22-9-10-35(27(22)15-26(24)30)29(36)32-16-21-5-4-6-23(13-21)38-18-20-7-8-20/h4-6,13-15,17,20H,7-12,16,18-19H2,1-3H3,(H,32,36). The fourth-order valence-corrected chi connectivity index (χ4v) is 5.28. The van der Waals surface area contributed by atoms with Gasteiger partial charge in [-0.05, 0) is 66.6 Å². The Bertz CT molecular complexity index is 1340. The van der Waals surface area contributed by atoms with Crippen LogP contribution in [-0.4, -0.2) is 43.6 Å². The van der Waals surface area contributed by atoms with Crippen LogP contribution in [0.3, 0.4) is 0 Å². The van der Waals surface area contributed by atoms with Crippen molar-refractivity contribution in [3.63, 3.8) is 0 Å². The summed E-state index contributed by atoms with van der Waals surface area (Å²) in [6.45, 7) is 8.94. The molecule has 0 unspecified atom stereocenters. The molecule has 2 amide bonds. The zero-order valence-electron chi connectivity index (χ0n) is 22.8. The van der Waals surface area contributed by atoms with E-state index in [1.807, 2.05) is 24.3 Å². The van der Waals surface area contributed by atoms with E-state index >= 15 is 4.39 Å². The molecule has 1 fully saturated rings. The molecule has 7 nitrogen and oxygen atoms in total. The number of hydrogen-bond acceptors (Lipinski definition) is 4.